The summed E-state index contributed by atoms with van der Waals surface area (Å²) in [6, 6.07) is 10.7. The zero-order valence-electron chi connectivity index (χ0n) is 10.1. The van der Waals surface area contributed by atoms with Crippen LogP contribution in [0, 0.1) is 11.3 Å². The summed E-state index contributed by atoms with van der Waals surface area (Å²) in [5, 5.41) is 8.66. The molecule has 0 saturated carbocycles. The van der Waals surface area contributed by atoms with Crippen LogP contribution >= 0.6 is 0 Å². The van der Waals surface area contributed by atoms with Gasteiger partial charge in [-0.3, -0.25) is 0 Å². The fourth-order valence-electron chi connectivity index (χ4n) is 1.73. The molecule has 0 aliphatic heterocycles. The van der Waals surface area contributed by atoms with Crippen LogP contribution in [0.1, 0.15) is 20.3 Å². The highest BCUT2D eigenvalue weighted by Gasteiger charge is 2.16. The van der Waals surface area contributed by atoms with Gasteiger partial charge in [0.25, 0.3) is 6.01 Å². The van der Waals surface area contributed by atoms with E-state index in [9.17, 15) is 0 Å². The van der Waals surface area contributed by atoms with Crippen LogP contribution in [-0.2, 0) is 0 Å². The predicted molar refractivity (Wildman–Crippen MR) is 66.7 cm³/mol. The number of oxazole rings is 1. The van der Waals surface area contributed by atoms with Gasteiger partial charge in [-0.1, -0.05) is 12.1 Å². The number of para-hydroxylation sites is 2. The van der Waals surface area contributed by atoms with Crippen molar-refractivity contribution in [3.63, 3.8) is 0 Å². The van der Waals surface area contributed by atoms with Crippen LogP contribution in [0.25, 0.3) is 11.1 Å². The Kier molecular flexibility index (Phi) is 3.29. The fraction of sp³-hybridized carbons (Fsp3) is 0.385. The second kappa shape index (κ2) is 4.88. The minimum atomic E-state index is 0.261. The first-order valence-electron chi connectivity index (χ1n) is 5.71. The molecule has 88 valence electrons. The maximum absolute atomic E-state index is 8.66. The second-order valence-electron chi connectivity index (χ2n) is 4.16. The molecule has 0 fully saturated rings. The zero-order valence-corrected chi connectivity index (χ0v) is 10.1. The maximum atomic E-state index is 8.66. The smallest absolute Gasteiger partial charge is 0.298 e. The van der Waals surface area contributed by atoms with Gasteiger partial charge in [-0.05, 0) is 26.0 Å². The van der Waals surface area contributed by atoms with Crippen molar-refractivity contribution in [2.75, 3.05) is 11.4 Å². The number of nitrogens with zero attached hydrogens (tertiary/aromatic N) is 3. The van der Waals surface area contributed by atoms with Crippen molar-refractivity contribution in [1.29, 1.82) is 5.26 Å². The quantitative estimate of drug-likeness (QED) is 0.808. The lowest BCUT2D eigenvalue weighted by atomic mass is 10.3. The summed E-state index contributed by atoms with van der Waals surface area (Å²) in [5.74, 6) is 0. The summed E-state index contributed by atoms with van der Waals surface area (Å²) < 4.78 is 5.69. The molecule has 0 spiro atoms. The van der Waals surface area contributed by atoms with Gasteiger partial charge < -0.3 is 9.32 Å². The first kappa shape index (κ1) is 11.5. The van der Waals surface area contributed by atoms with Crippen LogP contribution in [0.2, 0.25) is 0 Å². The van der Waals surface area contributed by atoms with Gasteiger partial charge >= 0.3 is 0 Å². The number of hydrogen-bond acceptors (Lipinski definition) is 4. The molecule has 0 aliphatic carbocycles. The molecule has 1 heterocycles. The average Bonchev–Trinajstić information content (AvgIpc) is 2.72. The predicted octanol–water partition coefficient (Wildman–Crippen LogP) is 2.96. The Morgan fingerprint density at radius 3 is 2.82 bits per heavy atom. The van der Waals surface area contributed by atoms with Gasteiger partial charge in [0.2, 0.25) is 0 Å². The van der Waals surface area contributed by atoms with Crippen molar-refractivity contribution in [3.8, 4) is 6.07 Å². The van der Waals surface area contributed by atoms with E-state index >= 15 is 0 Å². The molecular formula is C13H15N3O. The monoisotopic (exact) mass is 229 g/mol. The molecule has 0 bridgehead atoms. The zero-order chi connectivity index (χ0) is 12.3. The lowest BCUT2D eigenvalue weighted by Gasteiger charge is -2.23. The molecule has 1 aromatic heterocycles. The molecule has 0 amide bonds. The molecule has 4 nitrogen and oxygen atoms in total. The third-order valence-electron chi connectivity index (χ3n) is 2.62. The molecule has 0 radical (unpaired) electrons. The number of benzene rings is 1. The Labute approximate surface area is 100 Å². The van der Waals surface area contributed by atoms with Crippen molar-refractivity contribution < 1.29 is 4.42 Å². The number of anilines is 1. The normalized spacial score (nSPS) is 10.7. The number of rotatable bonds is 4. The Balaban J connectivity index is 2.32. The second-order valence-corrected chi connectivity index (χ2v) is 4.16. The molecule has 17 heavy (non-hydrogen) atoms. The van der Waals surface area contributed by atoms with Crippen LogP contribution in [-0.4, -0.2) is 17.6 Å². The summed E-state index contributed by atoms with van der Waals surface area (Å²) in [4.78, 5) is 6.44. The van der Waals surface area contributed by atoms with E-state index in [1.54, 1.807) is 0 Å². The molecule has 0 aliphatic rings. The van der Waals surface area contributed by atoms with E-state index in [1.807, 2.05) is 29.2 Å². The van der Waals surface area contributed by atoms with E-state index in [4.69, 9.17) is 9.68 Å². The van der Waals surface area contributed by atoms with Crippen molar-refractivity contribution in [2.24, 2.45) is 0 Å². The van der Waals surface area contributed by atoms with Crippen molar-refractivity contribution in [2.45, 2.75) is 26.3 Å². The van der Waals surface area contributed by atoms with E-state index < -0.39 is 0 Å². The van der Waals surface area contributed by atoms with Gasteiger partial charge in [0, 0.05) is 12.6 Å². The minimum absolute atomic E-state index is 0.261. The molecule has 2 rings (SSSR count). The van der Waals surface area contributed by atoms with Crippen LogP contribution in [0.4, 0.5) is 6.01 Å². The highest BCUT2D eigenvalue weighted by Crippen LogP contribution is 2.23. The minimum Gasteiger partial charge on any atom is -0.423 e. The number of fused-ring (bicyclic) bond motifs is 1. The fourth-order valence-corrected chi connectivity index (χ4v) is 1.73. The molecule has 0 unspecified atom stereocenters. The van der Waals surface area contributed by atoms with E-state index in [0.29, 0.717) is 19.0 Å². The summed E-state index contributed by atoms with van der Waals surface area (Å²) in [6.45, 7) is 4.76. The van der Waals surface area contributed by atoms with Crippen LogP contribution < -0.4 is 4.90 Å². The molecule has 0 saturated heterocycles. The van der Waals surface area contributed by atoms with Crippen molar-refractivity contribution in [1.82, 2.24) is 4.98 Å². The lowest BCUT2D eigenvalue weighted by Crippen LogP contribution is -2.31. The third-order valence-corrected chi connectivity index (χ3v) is 2.62. The van der Waals surface area contributed by atoms with Gasteiger partial charge in [0.05, 0.1) is 12.5 Å². The molecule has 1 aromatic carbocycles. The first-order valence-corrected chi connectivity index (χ1v) is 5.71. The summed E-state index contributed by atoms with van der Waals surface area (Å²) in [5.41, 5.74) is 1.63. The molecule has 0 atom stereocenters. The Hall–Kier alpha value is -2.02. The number of aromatic nitrogens is 1. The topological polar surface area (TPSA) is 53.1 Å². The standard InChI is InChI=1S/C13H15N3O/c1-10(2)16(9-5-8-14)13-15-11-6-3-4-7-12(11)17-13/h3-4,6-7,10H,5,9H2,1-2H3. The van der Waals surface area contributed by atoms with E-state index in [-0.39, 0.29) is 6.04 Å². The van der Waals surface area contributed by atoms with E-state index in [0.717, 1.165) is 11.1 Å². The lowest BCUT2D eigenvalue weighted by molar-refractivity contribution is 0.540. The van der Waals surface area contributed by atoms with Crippen molar-refractivity contribution in [3.05, 3.63) is 24.3 Å². The average molecular weight is 229 g/mol. The SMILES string of the molecule is CC(C)N(CCC#N)c1nc2ccccc2o1. The van der Waals surface area contributed by atoms with Gasteiger partial charge in [0.15, 0.2) is 5.58 Å². The maximum Gasteiger partial charge on any atom is 0.298 e. The summed E-state index contributed by atoms with van der Waals surface area (Å²) >= 11 is 0. The molecule has 4 heteroatoms. The molecular weight excluding hydrogens is 214 g/mol. The number of hydrogen-bond donors (Lipinski definition) is 0. The molecule has 2 aromatic rings. The van der Waals surface area contributed by atoms with Gasteiger partial charge in [-0.15, -0.1) is 0 Å². The van der Waals surface area contributed by atoms with Crippen LogP contribution in [0.15, 0.2) is 28.7 Å². The third kappa shape index (κ3) is 2.39. The Morgan fingerprint density at radius 1 is 1.41 bits per heavy atom. The number of nitriles is 1. The Bertz CT molecular complexity index is 506. The highest BCUT2D eigenvalue weighted by molar-refractivity contribution is 5.74. The Morgan fingerprint density at radius 2 is 2.18 bits per heavy atom. The highest BCUT2D eigenvalue weighted by atomic mass is 16.4. The largest absolute Gasteiger partial charge is 0.423 e. The summed E-state index contributed by atoms with van der Waals surface area (Å²) in [6.07, 6.45) is 0.469. The summed E-state index contributed by atoms with van der Waals surface area (Å²) in [7, 11) is 0. The van der Waals surface area contributed by atoms with Crippen LogP contribution in [0.5, 0.6) is 0 Å². The first-order chi connectivity index (χ1) is 8.22. The van der Waals surface area contributed by atoms with Crippen LogP contribution in [0.3, 0.4) is 0 Å². The van der Waals surface area contributed by atoms with Gasteiger partial charge in [-0.2, -0.15) is 10.2 Å². The van der Waals surface area contributed by atoms with Gasteiger partial charge in [-0.25, -0.2) is 0 Å². The van der Waals surface area contributed by atoms with E-state index in [2.05, 4.69) is 24.9 Å². The van der Waals surface area contributed by atoms with Gasteiger partial charge in [0.1, 0.15) is 5.52 Å². The molecule has 0 N–H and O–H groups in total. The van der Waals surface area contributed by atoms with Crippen molar-refractivity contribution >= 4 is 17.1 Å². The van der Waals surface area contributed by atoms with E-state index in [1.165, 1.54) is 0 Å².